The molecule has 2 heterocycles. The fourth-order valence-electron chi connectivity index (χ4n) is 3.06. The molecule has 1 aromatic heterocycles. The first-order chi connectivity index (χ1) is 11.1. The molecule has 0 aliphatic carbocycles. The number of fused-ring (bicyclic) bond motifs is 1. The maximum atomic E-state index is 12.5. The summed E-state index contributed by atoms with van der Waals surface area (Å²) >= 11 is 0. The van der Waals surface area contributed by atoms with E-state index >= 15 is 0 Å². The normalized spacial score (nSPS) is 16.7. The maximum Gasteiger partial charge on any atom is 0.232 e. The van der Waals surface area contributed by atoms with Crippen LogP contribution < -0.4 is 10.5 Å². The summed E-state index contributed by atoms with van der Waals surface area (Å²) in [6, 6.07) is 11.3. The molecule has 0 unspecified atom stereocenters. The number of rotatable bonds is 4. The van der Waals surface area contributed by atoms with Gasteiger partial charge in [0.25, 0.3) is 0 Å². The Morgan fingerprint density at radius 3 is 2.83 bits per heavy atom. The van der Waals surface area contributed by atoms with Crippen molar-refractivity contribution in [1.82, 2.24) is 9.47 Å². The Labute approximate surface area is 134 Å². The van der Waals surface area contributed by atoms with Crippen LogP contribution in [0.4, 0.5) is 0 Å². The average Bonchev–Trinajstić information content (AvgIpc) is 3.01. The number of amides is 2. The van der Waals surface area contributed by atoms with E-state index in [0.717, 1.165) is 17.0 Å². The van der Waals surface area contributed by atoms with Crippen molar-refractivity contribution < 1.29 is 14.3 Å². The lowest BCUT2D eigenvalue weighted by molar-refractivity contribution is -0.137. The Balaban J connectivity index is 2.03. The fraction of sp³-hybridized carbons (Fsp3) is 0.294. The van der Waals surface area contributed by atoms with Crippen LogP contribution in [0.25, 0.3) is 0 Å². The van der Waals surface area contributed by atoms with Gasteiger partial charge in [-0.15, -0.1) is 0 Å². The molecule has 23 heavy (non-hydrogen) atoms. The van der Waals surface area contributed by atoms with Gasteiger partial charge in [0.15, 0.2) is 0 Å². The fourth-order valence-corrected chi connectivity index (χ4v) is 3.06. The third kappa shape index (κ3) is 2.92. The van der Waals surface area contributed by atoms with Crippen molar-refractivity contribution in [2.24, 2.45) is 5.73 Å². The van der Waals surface area contributed by atoms with Crippen LogP contribution in [0.5, 0.6) is 5.75 Å². The third-order valence-corrected chi connectivity index (χ3v) is 4.09. The lowest BCUT2D eigenvalue weighted by atomic mass is 9.99. The number of ether oxygens (including phenoxy) is 1. The van der Waals surface area contributed by atoms with Gasteiger partial charge in [0.1, 0.15) is 12.2 Å². The molecule has 2 N–H and O–H groups in total. The number of hydrogen-bond donors (Lipinski definition) is 1. The lowest BCUT2D eigenvalue weighted by Gasteiger charge is -2.37. The van der Waals surface area contributed by atoms with Gasteiger partial charge < -0.3 is 19.9 Å². The largest absolute Gasteiger partial charge is 0.497 e. The Bertz CT molecular complexity index is 738. The maximum absolute atomic E-state index is 12.5. The molecule has 0 radical (unpaired) electrons. The molecule has 1 aliphatic rings. The summed E-state index contributed by atoms with van der Waals surface area (Å²) in [6.07, 6.45) is 1.72. The van der Waals surface area contributed by atoms with Crippen LogP contribution in [0.2, 0.25) is 0 Å². The molecule has 2 aromatic rings. The molecule has 0 bridgehead atoms. The molecule has 2 amide bonds. The van der Waals surface area contributed by atoms with Crippen molar-refractivity contribution in [2.75, 3.05) is 13.7 Å². The molecule has 0 saturated carbocycles. The molecule has 120 valence electrons. The van der Waals surface area contributed by atoms with Crippen molar-refractivity contribution in [2.45, 2.75) is 19.0 Å². The molecule has 1 aromatic carbocycles. The van der Waals surface area contributed by atoms with Crippen LogP contribution in [-0.4, -0.2) is 34.9 Å². The van der Waals surface area contributed by atoms with Gasteiger partial charge >= 0.3 is 0 Å². The van der Waals surface area contributed by atoms with Gasteiger partial charge in [0, 0.05) is 25.0 Å². The Kier molecular flexibility index (Phi) is 4.06. The molecular formula is C17H19N3O3. The molecular weight excluding hydrogens is 294 g/mol. The zero-order chi connectivity index (χ0) is 16.4. The van der Waals surface area contributed by atoms with Gasteiger partial charge in [0.05, 0.1) is 13.2 Å². The van der Waals surface area contributed by atoms with Gasteiger partial charge in [-0.3, -0.25) is 9.59 Å². The van der Waals surface area contributed by atoms with E-state index in [4.69, 9.17) is 10.5 Å². The average molecular weight is 313 g/mol. The first-order valence-electron chi connectivity index (χ1n) is 7.47. The van der Waals surface area contributed by atoms with E-state index in [1.54, 1.807) is 12.0 Å². The minimum atomic E-state index is -0.611. The second kappa shape index (κ2) is 6.16. The number of carbonyl (C=O) groups excluding carboxylic acids is 2. The van der Waals surface area contributed by atoms with Crippen LogP contribution in [0.3, 0.4) is 0 Å². The molecule has 6 heteroatoms. The predicted molar refractivity (Wildman–Crippen MR) is 84.8 cm³/mol. The number of aromatic nitrogens is 1. The van der Waals surface area contributed by atoms with E-state index in [-0.39, 0.29) is 18.4 Å². The molecule has 0 spiro atoms. The van der Waals surface area contributed by atoms with Crippen LogP contribution in [0.15, 0.2) is 42.6 Å². The highest BCUT2D eigenvalue weighted by Crippen LogP contribution is 2.34. The molecule has 6 nitrogen and oxygen atoms in total. The quantitative estimate of drug-likeness (QED) is 0.864. The highest BCUT2D eigenvalue weighted by atomic mass is 16.5. The van der Waals surface area contributed by atoms with Crippen molar-refractivity contribution >= 4 is 11.8 Å². The summed E-state index contributed by atoms with van der Waals surface area (Å²) in [5, 5.41) is 0. The monoisotopic (exact) mass is 313 g/mol. The highest BCUT2D eigenvalue weighted by Gasteiger charge is 2.32. The summed E-state index contributed by atoms with van der Waals surface area (Å²) in [7, 11) is 1.61. The summed E-state index contributed by atoms with van der Waals surface area (Å²) < 4.78 is 7.41. The summed E-state index contributed by atoms with van der Waals surface area (Å²) in [5.41, 5.74) is 7.15. The van der Waals surface area contributed by atoms with E-state index in [1.807, 2.05) is 42.6 Å². The van der Waals surface area contributed by atoms with E-state index in [2.05, 4.69) is 4.57 Å². The Hall–Kier alpha value is -2.76. The number of primary amides is 1. The first kappa shape index (κ1) is 15.1. The SMILES string of the molecule is COc1cccc([C@H]2c3cccn3CCN2C(=O)CC(N)=O)c1. The van der Waals surface area contributed by atoms with Gasteiger partial charge in [0.2, 0.25) is 11.8 Å². The zero-order valence-corrected chi connectivity index (χ0v) is 12.9. The summed E-state index contributed by atoms with van der Waals surface area (Å²) in [6.45, 7) is 1.24. The van der Waals surface area contributed by atoms with Gasteiger partial charge in [-0.1, -0.05) is 12.1 Å². The second-order valence-electron chi connectivity index (χ2n) is 5.54. The van der Waals surface area contributed by atoms with Crippen molar-refractivity contribution in [3.8, 4) is 5.75 Å². The van der Waals surface area contributed by atoms with Gasteiger partial charge in [-0.2, -0.15) is 0 Å². The van der Waals surface area contributed by atoms with E-state index in [9.17, 15) is 9.59 Å². The van der Waals surface area contributed by atoms with E-state index in [0.29, 0.717) is 13.1 Å². The van der Waals surface area contributed by atoms with Crippen molar-refractivity contribution in [3.05, 3.63) is 53.9 Å². The van der Waals surface area contributed by atoms with E-state index < -0.39 is 5.91 Å². The van der Waals surface area contributed by atoms with Crippen molar-refractivity contribution in [3.63, 3.8) is 0 Å². The Morgan fingerprint density at radius 2 is 2.09 bits per heavy atom. The standard InChI is InChI=1S/C17H19N3O3/c1-23-13-5-2-4-12(10-13)17-14-6-3-7-19(14)8-9-20(17)16(22)11-15(18)21/h2-7,10,17H,8-9,11H2,1H3,(H2,18,21)/t17-/m0/s1. The van der Waals surface area contributed by atoms with Crippen LogP contribution >= 0.6 is 0 Å². The molecule has 1 aliphatic heterocycles. The van der Waals surface area contributed by atoms with Crippen LogP contribution in [-0.2, 0) is 16.1 Å². The molecule has 0 fully saturated rings. The third-order valence-electron chi connectivity index (χ3n) is 4.09. The zero-order valence-electron chi connectivity index (χ0n) is 12.9. The topological polar surface area (TPSA) is 77.6 Å². The van der Waals surface area contributed by atoms with Crippen LogP contribution in [0, 0.1) is 0 Å². The molecule has 3 rings (SSSR count). The number of nitrogens with zero attached hydrogens (tertiary/aromatic N) is 2. The Morgan fingerprint density at radius 1 is 1.26 bits per heavy atom. The van der Waals surface area contributed by atoms with E-state index in [1.165, 1.54) is 0 Å². The number of hydrogen-bond acceptors (Lipinski definition) is 3. The number of benzene rings is 1. The molecule has 0 saturated heterocycles. The van der Waals surface area contributed by atoms with Crippen molar-refractivity contribution in [1.29, 1.82) is 0 Å². The van der Waals surface area contributed by atoms with Gasteiger partial charge in [-0.05, 0) is 29.8 Å². The predicted octanol–water partition coefficient (Wildman–Crippen LogP) is 1.30. The van der Waals surface area contributed by atoms with Gasteiger partial charge in [-0.25, -0.2) is 0 Å². The highest BCUT2D eigenvalue weighted by molar-refractivity contribution is 5.96. The minimum absolute atomic E-state index is 0.249. The summed E-state index contributed by atoms with van der Waals surface area (Å²) in [5.74, 6) is -0.133. The molecule has 1 atom stereocenters. The van der Waals surface area contributed by atoms with Crippen LogP contribution in [0.1, 0.15) is 23.7 Å². The second-order valence-corrected chi connectivity index (χ2v) is 5.54. The summed E-state index contributed by atoms with van der Waals surface area (Å²) in [4.78, 5) is 25.3. The minimum Gasteiger partial charge on any atom is -0.497 e. The number of nitrogens with two attached hydrogens (primary N) is 1. The smallest absolute Gasteiger partial charge is 0.232 e. The number of methoxy groups -OCH3 is 1. The lowest BCUT2D eigenvalue weighted by Crippen LogP contribution is -2.43. The first-order valence-corrected chi connectivity index (χ1v) is 7.47. The number of carbonyl (C=O) groups is 2.